The van der Waals surface area contributed by atoms with Crippen LogP contribution in [-0.2, 0) is 27.9 Å². The van der Waals surface area contributed by atoms with Gasteiger partial charge in [-0.05, 0) is 38.5 Å². The fourth-order valence-electron chi connectivity index (χ4n) is 3.06. The van der Waals surface area contributed by atoms with E-state index in [9.17, 15) is 23.3 Å². The maximum atomic E-state index is 12.5. The standard InChI is InChI=1S/C19H21N3O6S/c1-13-4-7-16(8-5-13)29(26,27)28-14(2)10-11-21-18-12-15(22(24)25)6-9-17(18)20(3)19(21)23/h4-9,12,14H,10-11H2,1-3H3. The summed E-state index contributed by atoms with van der Waals surface area (Å²) in [5.74, 6) is 0. The quantitative estimate of drug-likeness (QED) is 0.330. The molecule has 2 aromatic carbocycles. The summed E-state index contributed by atoms with van der Waals surface area (Å²) in [5.41, 5.74) is 1.44. The van der Waals surface area contributed by atoms with E-state index in [1.165, 1.54) is 39.5 Å². The van der Waals surface area contributed by atoms with Crippen molar-refractivity contribution in [1.82, 2.24) is 9.13 Å². The van der Waals surface area contributed by atoms with Gasteiger partial charge in [0.15, 0.2) is 0 Å². The normalized spacial score (nSPS) is 12.9. The molecule has 0 aliphatic heterocycles. The summed E-state index contributed by atoms with van der Waals surface area (Å²) in [6.45, 7) is 3.61. The van der Waals surface area contributed by atoms with E-state index in [2.05, 4.69) is 0 Å². The molecule has 1 heterocycles. The molecule has 1 aromatic heterocycles. The summed E-state index contributed by atoms with van der Waals surface area (Å²) >= 11 is 0. The number of benzene rings is 2. The average molecular weight is 419 g/mol. The van der Waals surface area contributed by atoms with Gasteiger partial charge in [0.05, 0.1) is 27.0 Å². The molecule has 3 rings (SSSR count). The maximum Gasteiger partial charge on any atom is 0.328 e. The molecule has 0 aliphatic rings. The van der Waals surface area contributed by atoms with E-state index in [-0.39, 0.29) is 29.2 Å². The van der Waals surface area contributed by atoms with Gasteiger partial charge < -0.3 is 0 Å². The lowest BCUT2D eigenvalue weighted by atomic mass is 10.2. The van der Waals surface area contributed by atoms with Crippen LogP contribution in [0.25, 0.3) is 11.0 Å². The Balaban J connectivity index is 1.80. The molecule has 1 unspecified atom stereocenters. The molecule has 29 heavy (non-hydrogen) atoms. The number of aromatic nitrogens is 2. The molecule has 0 spiro atoms. The molecule has 3 aromatic rings. The van der Waals surface area contributed by atoms with Crippen LogP contribution in [-0.4, -0.2) is 28.6 Å². The van der Waals surface area contributed by atoms with Crippen molar-refractivity contribution in [3.8, 4) is 0 Å². The summed E-state index contributed by atoms with van der Waals surface area (Å²) in [6, 6.07) is 10.5. The molecule has 0 amide bonds. The van der Waals surface area contributed by atoms with Crippen molar-refractivity contribution in [3.05, 3.63) is 68.6 Å². The molecule has 0 saturated carbocycles. The minimum Gasteiger partial charge on any atom is -0.295 e. The van der Waals surface area contributed by atoms with E-state index < -0.39 is 21.1 Å². The highest BCUT2D eigenvalue weighted by Crippen LogP contribution is 2.21. The predicted octanol–water partition coefficient (Wildman–Crippen LogP) is 2.74. The molecule has 10 heteroatoms. The second kappa shape index (κ2) is 7.80. The Morgan fingerprint density at radius 1 is 1.14 bits per heavy atom. The number of fused-ring (bicyclic) bond motifs is 1. The van der Waals surface area contributed by atoms with Crippen LogP contribution >= 0.6 is 0 Å². The van der Waals surface area contributed by atoms with E-state index >= 15 is 0 Å². The Labute approximate surface area is 167 Å². The van der Waals surface area contributed by atoms with Gasteiger partial charge in [-0.2, -0.15) is 8.42 Å². The number of imidazole rings is 1. The van der Waals surface area contributed by atoms with Crippen molar-refractivity contribution < 1.29 is 17.5 Å². The van der Waals surface area contributed by atoms with Crippen LogP contribution < -0.4 is 5.69 Å². The van der Waals surface area contributed by atoms with Crippen molar-refractivity contribution in [2.45, 2.75) is 37.8 Å². The highest BCUT2D eigenvalue weighted by Gasteiger charge is 2.20. The molecule has 0 fully saturated rings. The van der Waals surface area contributed by atoms with Gasteiger partial charge in [0.2, 0.25) is 0 Å². The zero-order chi connectivity index (χ0) is 21.3. The summed E-state index contributed by atoms with van der Waals surface area (Å²) in [4.78, 5) is 23.1. The first-order valence-electron chi connectivity index (χ1n) is 8.94. The van der Waals surface area contributed by atoms with Crippen molar-refractivity contribution >= 4 is 26.8 Å². The number of aryl methyl sites for hydroxylation is 3. The number of nitro groups is 1. The molecular formula is C19H21N3O6S. The minimum atomic E-state index is -3.93. The number of nitro benzene ring substituents is 1. The Morgan fingerprint density at radius 3 is 2.41 bits per heavy atom. The molecule has 0 aliphatic carbocycles. The fourth-order valence-corrected chi connectivity index (χ4v) is 4.17. The van der Waals surface area contributed by atoms with Gasteiger partial charge in [-0.25, -0.2) is 4.79 Å². The van der Waals surface area contributed by atoms with E-state index in [4.69, 9.17) is 4.18 Å². The van der Waals surface area contributed by atoms with Crippen LogP contribution in [0.5, 0.6) is 0 Å². The summed E-state index contributed by atoms with van der Waals surface area (Å²) in [6.07, 6.45) is -0.463. The average Bonchev–Trinajstić information content (AvgIpc) is 2.90. The molecule has 1 atom stereocenters. The highest BCUT2D eigenvalue weighted by molar-refractivity contribution is 7.86. The molecule has 0 N–H and O–H groups in total. The molecular weight excluding hydrogens is 398 g/mol. The van der Waals surface area contributed by atoms with E-state index in [0.29, 0.717) is 11.0 Å². The van der Waals surface area contributed by atoms with Crippen molar-refractivity contribution in [3.63, 3.8) is 0 Å². The first-order chi connectivity index (χ1) is 13.6. The lowest BCUT2D eigenvalue weighted by molar-refractivity contribution is -0.384. The smallest absolute Gasteiger partial charge is 0.295 e. The highest BCUT2D eigenvalue weighted by atomic mass is 32.2. The van der Waals surface area contributed by atoms with Gasteiger partial charge in [-0.3, -0.25) is 23.4 Å². The monoisotopic (exact) mass is 419 g/mol. The third-order valence-electron chi connectivity index (χ3n) is 4.70. The first-order valence-corrected chi connectivity index (χ1v) is 10.3. The third-order valence-corrected chi connectivity index (χ3v) is 6.13. The van der Waals surface area contributed by atoms with E-state index in [1.807, 2.05) is 6.92 Å². The Kier molecular flexibility index (Phi) is 5.58. The van der Waals surface area contributed by atoms with Crippen LogP contribution in [0.15, 0.2) is 52.2 Å². The van der Waals surface area contributed by atoms with Crippen LogP contribution in [0.2, 0.25) is 0 Å². The van der Waals surface area contributed by atoms with Crippen molar-refractivity contribution in [1.29, 1.82) is 0 Å². The van der Waals surface area contributed by atoms with Crippen LogP contribution in [0.3, 0.4) is 0 Å². The predicted molar refractivity (Wildman–Crippen MR) is 107 cm³/mol. The SMILES string of the molecule is Cc1ccc(S(=O)(=O)OC(C)CCn2c(=O)n(C)c3ccc([N+](=O)[O-])cc32)cc1. The van der Waals surface area contributed by atoms with Gasteiger partial charge in [0.1, 0.15) is 0 Å². The van der Waals surface area contributed by atoms with Crippen LogP contribution in [0.4, 0.5) is 5.69 Å². The number of hydrogen-bond acceptors (Lipinski definition) is 6. The summed E-state index contributed by atoms with van der Waals surface area (Å²) < 4.78 is 32.8. The second-order valence-corrected chi connectivity index (χ2v) is 8.46. The zero-order valence-corrected chi connectivity index (χ0v) is 17.0. The minimum absolute atomic E-state index is 0.0629. The van der Waals surface area contributed by atoms with Gasteiger partial charge in [-0.1, -0.05) is 17.7 Å². The molecule has 154 valence electrons. The van der Waals surface area contributed by atoms with Gasteiger partial charge in [0, 0.05) is 25.7 Å². The molecule has 0 saturated heterocycles. The Morgan fingerprint density at radius 2 is 1.79 bits per heavy atom. The molecule has 0 radical (unpaired) electrons. The van der Waals surface area contributed by atoms with Gasteiger partial charge in [-0.15, -0.1) is 0 Å². The van der Waals surface area contributed by atoms with Crippen molar-refractivity contribution in [2.24, 2.45) is 7.05 Å². The molecule has 0 bridgehead atoms. The zero-order valence-electron chi connectivity index (χ0n) is 16.2. The summed E-state index contributed by atoms with van der Waals surface area (Å²) in [5, 5.41) is 11.1. The Hall–Kier alpha value is -2.98. The Bertz CT molecular complexity index is 1230. The number of hydrogen-bond donors (Lipinski definition) is 0. The summed E-state index contributed by atoms with van der Waals surface area (Å²) in [7, 11) is -2.35. The molecule has 9 nitrogen and oxygen atoms in total. The van der Waals surface area contributed by atoms with Crippen LogP contribution in [0, 0.1) is 17.0 Å². The number of non-ortho nitro benzene ring substituents is 1. The fraction of sp³-hybridized carbons (Fsp3) is 0.316. The maximum absolute atomic E-state index is 12.5. The number of rotatable bonds is 7. The van der Waals surface area contributed by atoms with Gasteiger partial charge >= 0.3 is 5.69 Å². The largest absolute Gasteiger partial charge is 0.328 e. The lowest BCUT2D eigenvalue weighted by Gasteiger charge is -2.13. The van der Waals surface area contributed by atoms with Gasteiger partial charge in [0.25, 0.3) is 15.8 Å². The lowest BCUT2D eigenvalue weighted by Crippen LogP contribution is -2.25. The first kappa shape index (κ1) is 20.7. The second-order valence-electron chi connectivity index (χ2n) is 6.89. The van der Waals surface area contributed by atoms with Crippen LogP contribution in [0.1, 0.15) is 18.9 Å². The third kappa shape index (κ3) is 4.22. The van der Waals surface area contributed by atoms with E-state index in [1.54, 1.807) is 26.1 Å². The topological polar surface area (TPSA) is 113 Å². The van der Waals surface area contributed by atoms with Crippen molar-refractivity contribution in [2.75, 3.05) is 0 Å². The van der Waals surface area contributed by atoms with E-state index in [0.717, 1.165) is 5.56 Å². The number of nitrogens with zero attached hydrogens (tertiary/aromatic N) is 3.